The van der Waals surface area contributed by atoms with Gasteiger partial charge in [-0.2, -0.15) is 4.98 Å². The minimum absolute atomic E-state index is 0.630. The topological polar surface area (TPSA) is 41.1 Å². The Morgan fingerprint density at radius 1 is 0.920 bits per heavy atom. The molecule has 0 radical (unpaired) electrons. The zero-order valence-corrected chi connectivity index (χ0v) is 15.0. The fourth-order valence-corrected chi connectivity index (χ4v) is 2.69. The molecule has 0 spiro atoms. The van der Waals surface area contributed by atoms with Crippen molar-refractivity contribution in [1.29, 1.82) is 0 Å². The summed E-state index contributed by atoms with van der Waals surface area (Å²) < 4.78 is 0. The van der Waals surface area contributed by atoms with Gasteiger partial charge in [0.2, 0.25) is 5.95 Å². The molecule has 25 heavy (non-hydrogen) atoms. The van der Waals surface area contributed by atoms with Crippen molar-refractivity contribution in [3.8, 4) is 0 Å². The first-order valence-electron chi connectivity index (χ1n) is 8.62. The third kappa shape index (κ3) is 4.57. The van der Waals surface area contributed by atoms with Crippen molar-refractivity contribution in [2.45, 2.75) is 27.3 Å². The molecule has 0 fully saturated rings. The molecule has 1 heterocycles. The number of nitrogens with one attached hydrogen (secondary N) is 1. The molecule has 0 atom stereocenters. The molecule has 4 nitrogen and oxygen atoms in total. The number of nitrogens with zero attached hydrogens (tertiary/aromatic N) is 3. The zero-order valence-electron chi connectivity index (χ0n) is 15.0. The van der Waals surface area contributed by atoms with Crippen LogP contribution in [-0.4, -0.2) is 16.5 Å². The Bertz CT molecular complexity index is 813. The molecule has 0 saturated carbocycles. The Morgan fingerprint density at radius 2 is 1.64 bits per heavy atom. The van der Waals surface area contributed by atoms with E-state index < -0.39 is 0 Å². The summed E-state index contributed by atoms with van der Waals surface area (Å²) in [5, 5.41) is 3.31. The molecule has 0 aliphatic carbocycles. The second-order valence-electron chi connectivity index (χ2n) is 6.18. The molecule has 1 N–H and O–H groups in total. The van der Waals surface area contributed by atoms with E-state index in [9.17, 15) is 0 Å². The van der Waals surface area contributed by atoms with E-state index >= 15 is 0 Å². The predicted molar refractivity (Wildman–Crippen MR) is 104 cm³/mol. The van der Waals surface area contributed by atoms with Gasteiger partial charge < -0.3 is 10.2 Å². The van der Waals surface area contributed by atoms with Gasteiger partial charge in [-0.3, -0.25) is 0 Å². The minimum atomic E-state index is 0.630. The maximum atomic E-state index is 4.72. The Balaban J connectivity index is 1.83. The second kappa shape index (κ2) is 7.79. The molecule has 3 aromatic rings. The van der Waals surface area contributed by atoms with Crippen molar-refractivity contribution < 1.29 is 0 Å². The van der Waals surface area contributed by atoms with Gasteiger partial charge >= 0.3 is 0 Å². The first kappa shape index (κ1) is 17.0. The highest BCUT2D eigenvalue weighted by molar-refractivity contribution is 5.56. The highest BCUT2D eigenvalue weighted by atomic mass is 15.2. The summed E-state index contributed by atoms with van der Waals surface area (Å²) in [6.45, 7) is 7.94. The summed E-state index contributed by atoms with van der Waals surface area (Å²) >= 11 is 0. The van der Waals surface area contributed by atoms with Gasteiger partial charge in [0.15, 0.2) is 0 Å². The minimum Gasteiger partial charge on any atom is -0.352 e. The molecule has 128 valence electrons. The fraction of sp³-hybridized carbons (Fsp3) is 0.238. The molecule has 4 heteroatoms. The molecule has 3 rings (SSSR count). The van der Waals surface area contributed by atoms with Crippen LogP contribution in [0.2, 0.25) is 0 Å². The molecular formula is C21H24N4. The number of benzene rings is 2. The first-order valence-corrected chi connectivity index (χ1v) is 8.62. The van der Waals surface area contributed by atoms with Crippen molar-refractivity contribution in [2.75, 3.05) is 16.8 Å². The Morgan fingerprint density at radius 3 is 2.32 bits per heavy atom. The van der Waals surface area contributed by atoms with Gasteiger partial charge in [-0.1, -0.05) is 48.0 Å². The smallest absolute Gasteiger partial charge is 0.229 e. The fourth-order valence-electron chi connectivity index (χ4n) is 2.69. The lowest BCUT2D eigenvalue weighted by molar-refractivity contribution is 0.809. The summed E-state index contributed by atoms with van der Waals surface area (Å²) in [5.74, 6) is 1.57. The molecule has 0 amide bonds. The Labute approximate surface area is 149 Å². The lowest BCUT2D eigenvalue weighted by Gasteiger charge is -2.23. The monoisotopic (exact) mass is 332 g/mol. The van der Waals surface area contributed by atoms with Crippen LogP contribution in [0.1, 0.15) is 23.7 Å². The number of rotatable bonds is 6. The molecule has 0 aliphatic rings. The van der Waals surface area contributed by atoms with Crippen molar-refractivity contribution in [3.63, 3.8) is 0 Å². The van der Waals surface area contributed by atoms with E-state index in [0.29, 0.717) is 5.95 Å². The summed E-state index contributed by atoms with van der Waals surface area (Å²) in [6, 6.07) is 20.7. The van der Waals surface area contributed by atoms with Gasteiger partial charge in [-0.25, -0.2) is 4.98 Å². The van der Waals surface area contributed by atoms with Crippen LogP contribution in [0.3, 0.4) is 0 Å². The largest absolute Gasteiger partial charge is 0.352 e. The summed E-state index contributed by atoms with van der Waals surface area (Å²) in [7, 11) is 0. The third-order valence-corrected chi connectivity index (χ3v) is 4.07. The lowest BCUT2D eigenvalue weighted by atomic mass is 10.2. The van der Waals surface area contributed by atoms with Crippen LogP contribution in [0.25, 0.3) is 0 Å². The molecule has 0 unspecified atom stereocenters. The van der Waals surface area contributed by atoms with E-state index in [1.54, 1.807) is 0 Å². The van der Waals surface area contributed by atoms with E-state index in [1.807, 2.05) is 31.2 Å². The molecule has 0 aliphatic heterocycles. The Kier molecular flexibility index (Phi) is 5.29. The third-order valence-electron chi connectivity index (χ3n) is 4.07. The molecule has 0 saturated heterocycles. The van der Waals surface area contributed by atoms with E-state index in [0.717, 1.165) is 30.3 Å². The molecular weight excluding hydrogens is 308 g/mol. The van der Waals surface area contributed by atoms with Crippen molar-refractivity contribution in [3.05, 3.63) is 77.5 Å². The summed E-state index contributed by atoms with van der Waals surface area (Å²) in [4.78, 5) is 11.5. The van der Waals surface area contributed by atoms with Gasteiger partial charge in [-0.05, 0) is 38.5 Å². The second-order valence-corrected chi connectivity index (χ2v) is 6.18. The molecule has 2 aromatic carbocycles. The average Bonchev–Trinajstić information content (AvgIpc) is 2.62. The average molecular weight is 332 g/mol. The standard InChI is InChI=1S/C21H24N4/c1-4-25(15-18-8-6-5-7-9-18)20-14-17(3)22-21(24-20)23-19-12-10-16(2)11-13-19/h5-14H,4,15H2,1-3H3,(H,22,23,24). The van der Waals surface area contributed by atoms with Crippen molar-refractivity contribution in [2.24, 2.45) is 0 Å². The van der Waals surface area contributed by atoms with E-state index in [2.05, 4.69) is 65.4 Å². The van der Waals surface area contributed by atoms with Crippen LogP contribution in [0, 0.1) is 13.8 Å². The van der Waals surface area contributed by atoms with Crippen LogP contribution >= 0.6 is 0 Å². The number of aryl methyl sites for hydroxylation is 2. The van der Waals surface area contributed by atoms with Crippen LogP contribution in [0.4, 0.5) is 17.5 Å². The first-order chi connectivity index (χ1) is 12.1. The number of hydrogen-bond acceptors (Lipinski definition) is 4. The number of aromatic nitrogens is 2. The SMILES string of the molecule is CCN(Cc1ccccc1)c1cc(C)nc(Nc2ccc(C)cc2)n1. The number of anilines is 3. The van der Waals surface area contributed by atoms with E-state index in [4.69, 9.17) is 4.98 Å². The quantitative estimate of drug-likeness (QED) is 0.699. The van der Waals surface area contributed by atoms with Crippen LogP contribution in [-0.2, 0) is 6.54 Å². The van der Waals surface area contributed by atoms with Crippen LogP contribution in [0.15, 0.2) is 60.7 Å². The van der Waals surface area contributed by atoms with Gasteiger partial charge in [-0.15, -0.1) is 0 Å². The summed E-state index contributed by atoms with van der Waals surface area (Å²) in [6.07, 6.45) is 0. The van der Waals surface area contributed by atoms with Crippen molar-refractivity contribution >= 4 is 17.5 Å². The maximum absolute atomic E-state index is 4.72. The van der Waals surface area contributed by atoms with Crippen molar-refractivity contribution in [1.82, 2.24) is 9.97 Å². The summed E-state index contributed by atoms with van der Waals surface area (Å²) in [5.41, 5.74) is 4.45. The Hall–Kier alpha value is -2.88. The molecule has 1 aromatic heterocycles. The lowest BCUT2D eigenvalue weighted by Crippen LogP contribution is -2.23. The normalized spacial score (nSPS) is 10.5. The van der Waals surface area contributed by atoms with Gasteiger partial charge in [0.25, 0.3) is 0 Å². The van der Waals surface area contributed by atoms with Gasteiger partial charge in [0.1, 0.15) is 5.82 Å². The molecule has 0 bridgehead atoms. The van der Waals surface area contributed by atoms with E-state index in [1.165, 1.54) is 11.1 Å². The highest BCUT2D eigenvalue weighted by Gasteiger charge is 2.10. The highest BCUT2D eigenvalue weighted by Crippen LogP contribution is 2.20. The van der Waals surface area contributed by atoms with Crippen LogP contribution in [0.5, 0.6) is 0 Å². The van der Waals surface area contributed by atoms with Gasteiger partial charge in [0.05, 0.1) is 0 Å². The number of hydrogen-bond donors (Lipinski definition) is 1. The van der Waals surface area contributed by atoms with Gasteiger partial charge in [0, 0.05) is 30.5 Å². The zero-order chi connectivity index (χ0) is 17.6. The maximum Gasteiger partial charge on any atom is 0.229 e. The van der Waals surface area contributed by atoms with E-state index in [-0.39, 0.29) is 0 Å². The predicted octanol–water partition coefficient (Wildman–Crippen LogP) is 4.86. The van der Waals surface area contributed by atoms with Crippen LogP contribution < -0.4 is 10.2 Å².